The molecule has 0 aromatic heterocycles. The summed E-state index contributed by atoms with van der Waals surface area (Å²) < 4.78 is 5.52. The minimum atomic E-state index is -0.309. The van der Waals surface area contributed by atoms with Gasteiger partial charge in [0.05, 0.1) is 12.3 Å². The molecule has 0 saturated carbocycles. The molecule has 3 aromatic rings. The molecule has 3 rings (SSSR count). The summed E-state index contributed by atoms with van der Waals surface area (Å²) in [6.45, 7) is 2.38. The van der Waals surface area contributed by atoms with Crippen LogP contribution in [0.4, 0.5) is 11.4 Å². The highest BCUT2D eigenvalue weighted by atomic mass is 16.5. The van der Waals surface area contributed by atoms with E-state index in [4.69, 9.17) is 4.74 Å². The van der Waals surface area contributed by atoms with E-state index in [0.717, 1.165) is 0 Å². The Bertz CT molecular complexity index is 939. The van der Waals surface area contributed by atoms with Crippen LogP contribution in [0, 0.1) is 0 Å². The van der Waals surface area contributed by atoms with Crippen LogP contribution in [0.25, 0.3) is 0 Å². The molecule has 0 saturated heterocycles. The molecule has 27 heavy (non-hydrogen) atoms. The third-order valence-corrected chi connectivity index (χ3v) is 3.85. The highest BCUT2D eigenvalue weighted by Gasteiger charge is 2.13. The maximum atomic E-state index is 12.6. The lowest BCUT2D eigenvalue weighted by atomic mass is 10.1. The summed E-state index contributed by atoms with van der Waals surface area (Å²) in [4.78, 5) is 25.0. The van der Waals surface area contributed by atoms with Gasteiger partial charge in [0.25, 0.3) is 11.8 Å². The summed E-state index contributed by atoms with van der Waals surface area (Å²) in [5.41, 5.74) is 2.08. The maximum absolute atomic E-state index is 12.6. The zero-order valence-corrected chi connectivity index (χ0v) is 14.9. The fourth-order valence-electron chi connectivity index (χ4n) is 2.57. The third kappa shape index (κ3) is 4.73. The summed E-state index contributed by atoms with van der Waals surface area (Å²) in [7, 11) is 0. The lowest BCUT2D eigenvalue weighted by Gasteiger charge is -2.12. The van der Waals surface area contributed by atoms with Crippen LogP contribution in [0.3, 0.4) is 0 Å². The van der Waals surface area contributed by atoms with Gasteiger partial charge in [0, 0.05) is 16.8 Å². The van der Waals surface area contributed by atoms with E-state index in [9.17, 15) is 9.59 Å². The Morgan fingerprint density at radius 3 is 2.11 bits per heavy atom. The number of hydrogen-bond acceptors (Lipinski definition) is 3. The second-order valence-electron chi connectivity index (χ2n) is 5.78. The van der Waals surface area contributed by atoms with Gasteiger partial charge in [0.2, 0.25) is 0 Å². The second-order valence-corrected chi connectivity index (χ2v) is 5.78. The molecule has 0 aliphatic heterocycles. The molecule has 0 bridgehead atoms. The van der Waals surface area contributed by atoms with Crippen LogP contribution in [0.5, 0.6) is 5.75 Å². The number of benzene rings is 3. The van der Waals surface area contributed by atoms with Gasteiger partial charge in [-0.15, -0.1) is 0 Å². The molecule has 0 unspecified atom stereocenters. The molecule has 5 heteroatoms. The summed E-state index contributed by atoms with van der Waals surface area (Å²) in [6.07, 6.45) is 0. The Balaban J connectivity index is 1.75. The number of hydrogen-bond donors (Lipinski definition) is 2. The number of amides is 2. The highest BCUT2D eigenvalue weighted by Crippen LogP contribution is 2.24. The van der Waals surface area contributed by atoms with Crippen molar-refractivity contribution in [2.45, 2.75) is 6.92 Å². The van der Waals surface area contributed by atoms with Crippen molar-refractivity contribution in [3.05, 3.63) is 90.0 Å². The number of para-hydroxylation sites is 3. The average Bonchev–Trinajstić information content (AvgIpc) is 2.70. The van der Waals surface area contributed by atoms with Gasteiger partial charge in [0.15, 0.2) is 0 Å². The molecular weight excluding hydrogens is 340 g/mol. The molecular formula is C22H20N2O3. The summed E-state index contributed by atoms with van der Waals surface area (Å²) in [5.74, 6) is 0.0217. The number of carbonyl (C=O) groups is 2. The van der Waals surface area contributed by atoms with Crippen molar-refractivity contribution in [2.24, 2.45) is 0 Å². The molecule has 3 aromatic carbocycles. The zero-order chi connectivity index (χ0) is 19.1. The van der Waals surface area contributed by atoms with Crippen molar-refractivity contribution in [2.75, 3.05) is 17.2 Å². The van der Waals surface area contributed by atoms with Crippen molar-refractivity contribution in [3.63, 3.8) is 0 Å². The number of ether oxygens (including phenoxy) is 1. The first-order chi connectivity index (χ1) is 13.2. The van der Waals surface area contributed by atoms with Gasteiger partial charge < -0.3 is 15.4 Å². The Labute approximate surface area is 158 Å². The van der Waals surface area contributed by atoms with E-state index < -0.39 is 0 Å². The fourth-order valence-corrected chi connectivity index (χ4v) is 2.57. The normalized spacial score (nSPS) is 10.1. The lowest BCUT2D eigenvalue weighted by Crippen LogP contribution is -2.16. The second kappa shape index (κ2) is 8.67. The van der Waals surface area contributed by atoms with Gasteiger partial charge >= 0.3 is 0 Å². The molecule has 0 aliphatic carbocycles. The molecule has 0 fully saturated rings. The van der Waals surface area contributed by atoms with Crippen LogP contribution in [0.15, 0.2) is 78.9 Å². The first kappa shape index (κ1) is 18.2. The molecule has 0 aliphatic rings. The van der Waals surface area contributed by atoms with E-state index in [0.29, 0.717) is 34.9 Å². The SMILES string of the molecule is CCOc1ccccc1NC(=O)c1cccc(C(=O)Nc2ccccc2)c1. The van der Waals surface area contributed by atoms with Gasteiger partial charge in [-0.3, -0.25) is 9.59 Å². The Morgan fingerprint density at radius 2 is 1.41 bits per heavy atom. The van der Waals surface area contributed by atoms with Crippen LogP contribution >= 0.6 is 0 Å². The van der Waals surface area contributed by atoms with Crippen LogP contribution in [-0.2, 0) is 0 Å². The maximum Gasteiger partial charge on any atom is 0.255 e. The Kier molecular flexibility index (Phi) is 5.84. The van der Waals surface area contributed by atoms with E-state index in [2.05, 4.69) is 10.6 Å². The van der Waals surface area contributed by atoms with E-state index >= 15 is 0 Å². The van der Waals surface area contributed by atoms with Crippen LogP contribution in [0.2, 0.25) is 0 Å². The predicted molar refractivity (Wildman–Crippen MR) is 106 cm³/mol. The first-order valence-electron chi connectivity index (χ1n) is 8.67. The zero-order valence-electron chi connectivity index (χ0n) is 14.9. The Morgan fingerprint density at radius 1 is 0.778 bits per heavy atom. The molecule has 0 heterocycles. The van der Waals surface area contributed by atoms with Crippen LogP contribution < -0.4 is 15.4 Å². The van der Waals surface area contributed by atoms with Crippen molar-refractivity contribution in [1.29, 1.82) is 0 Å². The van der Waals surface area contributed by atoms with E-state index in [1.54, 1.807) is 48.5 Å². The summed E-state index contributed by atoms with van der Waals surface area (Å²) in [5, 5.41) is 5.64. The van der Waals surface area contributed by atoms with Crippen molar-refractivity contribution < 1.29 is 14.3 Å². The summed E-state index contributed by atoms with van der Waals surface area (Å²) in [6, 6.07) is 23.0. The van der Waals surface area contributed by atoms with Gasteiger partial charge in [-0.25, -0.2) is 0 Å². The molecule has 0 radical (unpaired) electrons. The third-order valence-electron chi connectivity index (χ3n) is 3.85. The molecule has 136 valence electrons. The monoisotopic (exact) mass is 360 g/mol. The topological polar surface area (TPSA) is 67.4 Å². The summed E-state index contributed by atoms with van der Waals surface area (Å²) >= 11 is 0. The van der Waals surface area contributed by atoms with Gasteiger partial charge in [0.1, 0.15) is 5.75 Å². The van der Waals surface area contributed by atoms with Crippen LogP contribution in [0.1, 0.15) is 27.6 Å². The lowest BCUT2D eigenvalue weighted by molar-refractivity contribution is 0.102. The Hall–Kier alpha value is -3.60. The predicted octanol–water partition coefficient (Wildman–Crippen LogP) is 4.59. The van der Waals surface area contributed by atoms with Crippen molar-refractivity contribution >= 4 is 23.2 Å². The van der Waals surface area contributed by atoms with Crippen molar-refractivity contribution in [1.82, 2.24) is 0 Å². The standard InChI is InChI=1S/C22H20N2O3/c1-2-27-20-14-7-6-13-19(20)24-22(26)17-10-8-9-16(15-17)21(25)23-18-11-4-3-5-12-18/h3-15H,2H2,1H3,(H,23,25)(H,24,26). The first-order valence-corrected chi connectivity index (χ1v) is 8.67. The largest absolute Gasteiger partial charge is 0.492 e. The minimum Gasteiger partial charge on any atom is -0.492 e. The number of anilines is 2. The molecule has 0 atom stereocenters. The van der Waals surface area contributed by atoms with Crippen molar-refractivity contribution in [3.8, 4) is 5.75 Å². The van der Waals surface area contributed by atoms with Gasteiger partial charge in [-0.1, -0.05) is 36.4 Å². The molecule has 2 amide bonds. The number of rotatable bonds is 6. The quantitative estimate of drug-likeness (QED) is 0.676. The molecule has 5 nitrogen and oxygen atoms in total. The fraction of sp³-hybridized carbons (Fsp3) is 0.0909. The van der Waals surface area contributed by atoms with Crippen LogP contribution in [-0.4, -0.2) is 18.4 Å². The van der Waals surface area contributed by atoms with E-state index in [1.165, 1.54) is 0 Å². The minimum absolute atomic E-state index is 0.273. The number of carbonyl (C=O) groups excluding carboxylic acids is 2. The van der Waals surface area contributed by atoms with E-state index in [1.807, 2.05) is 37.3 Å². The van der Waals surface area contributed by atoms with Gasteiger partial charge in [-0.05, 0) is 49.4 Å². The van der Waals surface area contributed by atoms with E-state index in [-0.39, 0.29) is 11.8 Å². The highest BCUT2D eigenvalue weighted by molar-refractivity contribution is 6.09. The average molecular weight is 360 g/mol. The smallest absolute Gasteiger partial charge is 0.255 e. The molecule has 2 N–H and O–H groups in total. The molecule has 0 spiro atoms. The van der Waals surface area contributed by atoms with Gasteiger partial charge in [-0.2, -0.15) is 0 Å². The number of nitrogens with one attached hydrogen (secondary N) is 2.